The molecule has 134 valence electrons. The molecule has 0 unspecified atom stereocenters. The molecule has 0 saturated carbocycles. The number of nitrogens with zero attached hydrogens (tertiary/aromatic N) is 3. The first kappa shape index (κ1) is 17.5. The maximum Gasteiger partial charge on any atom is 0.417 e. The number of aromatic nitrogens is 1. The zero-order chi connectivity index (χ0) is 17.9. The van der Waals surface area contributed by atoms with Crippen LogP contribution in [0.4, 0.5) is 19.0 Å². The molecule has 0 aliphatic carbocycles. The Bertz CT molecular complexity index is 695. The second kappa shape index (κ2) is 7.31. The fraction of sp³-hybridized carbons (Fsp3) is 0.389. The number of hydrogen-bond acceptors (Lipinski definition) is 4. The second-order valence-corrected chi connectivity index (χ2v) is 6.02. The normalized spacial score (nSPS) is 16.1. The number of rotatable bonds is 4. The van der Waals surface area contributed by atoms with E-state index in [1.54, 1.807) is 7.11 Å². The molecule has 1 aromatic heterocycles. The van der Waals surface area contributed by atoms with Gasteiger partial charge >= 0.3 is 6.18 Å². The lowest BCUT2D eigenvalue weighted by molar-refractivity contribution is -0.137. The highest BCUT2D eigenvalue weighted by atomic mass is 19.4. The van der Waals surface area contributed by atoms with Crippen molar-refractivity contribution in [1.29, 1.82) is 0 Å². The number of piperazine rings is 1. The Morgan fingerprint density at radius 3 is 2.44 bits per heavy atom. The van der Waals surface area contributed by atoms with Crippen LogP contribution >= 0.6 is 0 Å². The van der Waals surface area contributed by atoms with Crippen molar-refractivity contribution in [1.82, 2.24) is 9.88 Å². The zero-order valence-corrected chi connectivity index (χ0v) is 14.0. The van der Waals surface area contributed by atoms with Crippen LogP contribution in [0.5, 0.6) is 5.75 Å². The van der Waals surface area contributed by atoms with Crippen molar-refractivity contribution in [2.75, 3.05) is 38.2 Å². The Kier molecular flexibility index (Phi) is 5.13. The molecule has 3 rings (SSSR count). The highest BCUT2D eigenvalue weighted by molar-refractivity contribution is 5.40. The molecule has 0 N–H and O–H groups in total. The van der Waals surface area contributed by atoms with Gasteiger partial charge in [-0.15, -0.1) is 0 Å². The van der Waals surface area contributed by atoms with E-state index in [0.29, 0.717) is 5.82 Å². The fourth-order valence-corrected chi connectivity index (χ4v) is 2.90. The van der Waals surface area contributed by atoms with E-state index in [4.69, 9.17) is 4.74 Å². The van der Waals surface area contributed by atoms with Gasteiger partial charge in [0.15, 0.2) is 0 Å². The minimum absolute atomic E-state index is 0.592. The zero-order valence-electron chi connectivity index (χ0n) is 14.0. The Balaban J connectivity index is 1.56. The van der Waals surface area contributed by atoms with E-state index in [-0.39, 0.29) is 0 Å². The standard InChI is InChI=1S/C18H20F3N3O/c1-25-16-4-2-3-14(11-16)13-23-7-9-24(10-8-23)17-6-5-15(12-22-17)18(19,20)21/h2-6,11-12H,7-10,13H2,1H3. The lowest BCUT2D eigenvalue weighted by Gasteiger charge is -2.35. The van der Waals surface area contributed by atoms with Crippen LogP contribution in [0, 0.1) is 0 Å². The van der Waals surface area contributed by atoms with Crippen molar-refractivity contribution in [2.45, 2.75) is 12.7 Å². The largest absolute Gasteiger partial charge is 0.497 e. The summed E-state index contributed by atoms with van der Waals surface area (Å²) in [5, 5.41) is 0. The predicted molar refractivity (Wildman–Crippen MR) is 89.7 cm³/mol. The van der Waals surface area contributed by atoms with Crippen LogP contribution in [0.25, 0.3) is 0 Å². The predicted octanol–water partition coefficient (Wildman–Crippen LogP) is 3.43. The van der Waals surface area contributed by atoms with Crippen LogP contribution < -0.4 is 9.64 Å². The number of pyridine rings is 1. The Labute approximate surface area is 144 Å². The van der Waals surface area contributed by atoms with Gasteiger partial charge in [0.05, 0.1) is 12.7 Å². The molecule has 2 heterocycles. The molecule has 0 radical (unpaired) electrons. The lowest BCUT2D eigenvalue weighted by Crippen LogP contribution is -2.46. The molecule has 1 aliphatic heterocycles. The number of halogens is 3. The van der Waals surface area contributed by atoms with Gasteiger partial charge < -0.3 is 9.64 Å². The Morgan fingerprint density at radius 1 is 1.08 bits per heavy atom. The van der Waals surface area contributed by atoms with Gasteiger partial charge in [-0.25, -0.2) is 4.98 Å². The number of hydrogen-bond donors (Lipinski definition) is 0. The first-order valence-corrected chi connectivity index (χ1v) is 8.09. The van der Waals surface area contributed by atoms with E-state index >= 15 is 0 Å². The van der Waals surface area contributed by atoms with Gasteiger partial charge in [0.25, 0.3) is 0 Å². The molecule has 0 amide bonds. The van der Waals surface area contributed by atoms with Crippen molar-refractivity contribution in [3.8, 4) is 5.75 Å². The van der Waals surface area contributed by atoms with Crippen molar-refractivity contribution in [3.63, 3.8) is 0 Å². The highest BCUT2D eigenvalue weighted by Gasteiger charge is 2.31. The van der Waals surface area contributed by atoms with E-state index in [9.17, 15) is 13.2 Å². The summed E-state index contributed by atoms with van der Waals surface area (Å²) in [7, 11) is 1.65. The molecule has 2 aromatic rings. The van der Waals surface area contributed by atoms with Crippen LogP contribution in [-0.2, 0) is 12.7 Å². The summed E-state index contributed by atoms with van der Waals surface area (Å²) in [6.45, 7) is 3.97. The average Bonchev–Trinajstić information content (AvgIpc) is 2.62. The summed E-state index contributed by atoms with van der Waals surface area (Å²) < 4.78 is 43.1. The molecular formula is C18H20F3N3O. The highest BCUT2D eigenvalue weighted by Crippen LogP contribution is 2.29. The number of alkyl halides is 3. The smallest absolute Gasteiger partial charge is 0.417 e. The summed E-state index contributed by atoms with van der Waals surface area (Å²) in [5.74, 6) is 1.43. The maximum atomic E-state index is 12.6. The van der Waals surface area contributed by atoms with Gasteiger partial charge in [-0.2, -0.15) is 13.2 Å². The summed E-state index contributed by atoms with van der Waals surface area (Å²) in [4.78, 5) is 8.30. The van der Waals surface area contributed by atoms with Gasteiger partial charge in [-0.1, -0.05) is 12.1 Å². The van der Waals surface area contributed by atoms with E-state index in [1.165, 1.54) is 11.6 Å². The SMILES string of the molecule is COc1cccc(CN2CCN(c3ccc(C(F)(F)F)cn3)CC2)c1. The van der Waals surface area contributed by atoms with Crippen LogP contribution in [-0.4, -0.2) is 43.2 Å². The number of benzene rings is 1. The number of methoxy groups -OCH3 is 1. The third kappa shape index (κ3) is 4.42. The van der Waals surface area contributed by atoms with E-state index in [1.807, 2.05) is 23.1 Å². The average molecular weight is 351 g/mol. The molecule has 0 spiro atoms. The molecule has 1 aromatic carbocycles. The minimum Gasteiger partial charge on any atom is -0.497 e. The second-order valence-electron chi connectivity index (χ2n) is 6.02. The van der Waals surface area contributed by atoms with Gasteiger partial charge in [0.2, 0.25) is 0 Å². The molecule has 1 aliphatic rings. The van der Waals surface area contributed by atoms with E-state index in [2.05, 4.69) is 16.0 Å². The third-order valence-electron chi connectivity index (χ3n) is 4.31. The molecule has 4 nitrogen and oxygen atoms in total. The first-order valence-electron chi connectivity index (χ1n) is 8.09. The molecule has 7 heteroatoms. The number of anilines is 1. The summed E-state index contributed by atoms with van der Waals surface area (Å²) in [6, 6.07) is 10.5. The van der Waals surface area contributed by atoms with Gasteiger partial charge in [-0.3, -0.25) is 4.90 Å². The monoisotopic (exact) mass is 351 g/mol. The van der Waals surface area contributed by atoms with Crippen LogP contribution in [0.3, 0.4) is 0 Å². The molecule has 1 fully saturated rings. The Morgan fingerprint density at radius 2 is 1.84 bits per heavy atom. The van der Waals surface area contributed by atoms with E-state index in [0.717, 1.165) is 50.7 Å². The molecular weight excluding hydrogens is 331 g/mol. The fourth-order valence-electron chi connectivity index (χ4n) is 2.90. The van der Waals surface area contributed by atoms with E-state index < -0.39 is 11.7 Å². The van der Waals surface area contributed by atoms with Crippen molar-refractivity contribution < 1.29 is 17.9 Å². The van der Waals surface area contributed by atoms with Crippen molar-refractivity contribution >= 4 is 5.82 Å². The minimum atomic E-state index is -4.35. The molecule has 0 atom stereocenters. The van der Waals surface area contributed by atoms with Crippen LogP contribution in [0.1, 0.15) is 11.1 Å². The van der Waals surface area contributed by atoms with Gasteiger partial charge in [-0.05, 0) is 29.8 Å². The molecule has 1 saturated heterocycles. The van der Waals surface area contributed by atoms with Crippen LogP contribution in [0.2, 0.25) is 0 Å². The summed E-state index contributed by atoms with van der Waals surface area (Å²) in [5.41, 5.74) is 0.466. The molecule has 25 heavy (non-hydrogen) atoms. The quantitative estimate of drug-likeness (QED) is 0.844. The van der Waals surface area contributed by atoms with Gasteiger partial charge in [0, 0.05) is 38.9 Å². The Hall–Kier alpha value is -2.28. The van der Waals surface area contributed by atoms with Crippen molar-refractivity contribution in [2.24, 2.45) is 0 Å². The number of ether oxygens (including phenoxy) is 1. The summed E-state index contributed by atoms with van der Waals surface area (Å²) in [6.07, 6.45) is -3.45. The first-order chi connectivity index (χ1) is 12.0. The third-order valence-corrected chi connectivity index (χ3v) is 4.31. The van der Waals surface area contributed by atoms with Crippen molar-refractivity contribution in [3.05, 3.63) is 53.7 Å². The lowest BCUT2D eigenvalue weighted by atomic mass is 10.2. The maximum absolute atomic E-state index is 12.6. The molecule has 0 bridgehead atoms. The van der Waals surface area contributed by atoms with Crippen LogP contribution in [0.15, 0.2) is 42.6 Å². The summed E-state index contributed by atoms with van der Waals surface area (Å²) >= 11 is 0. The topological polar surface area (TPSA) is 28.6 Å². The van der Waals surface area contributed by atoms with Gasteiger partial charge in [0.1, 0.15) is 11.6 Å².